The zero-order valence-corrected chi connectivity index (χ0v) is 16.2. The van der Waals surface area contributed by atoms with Gasteiger partial charge >= 0.3 is 0 Å². The fraction of sp³-hybridized carbons (Fsp3) is 0.381. The number of halogens is 1. The minimum Gasteiger partial charge on any atom is -0.393 e. The number of hydrogen-bond acceptors (Lipinski definition) is 4. The number of nitrogens with one attached hydrogen (secondary N) is 2. The summed E-state index contributed by atoms with van der Waals surface area (Å²) in [5.74, 6) is -0.140. The van der Waals surface area contributed by atoms with Crippen LogP contribution in [0.4, 0.5) is 11.4 Å². The second-order valence-electron chi connectivity index (χ2n) is 7.04. The number of carbonyl (C=O) groups excluding carboxylic acids is 1. The molecule has 1 aliphatic rings. The standard InChI is InChI=1S/C21H26ClN3O2/c1-15(21(27)24-20-8-3-2-7-19(20)22)23-17-6-4-5-16(13-17)14-25-11-9-18(26)10-12-25/h2-8,13,15,18,23,26H,9-12,14H2,1H3,(H,24,27)/t15-/m0/s1. The normalized spacial score (nSPS) is 16.7. The predicted molar refractivity (Wildman–Crippen MR) is 110 cm³/mol. The minimum atomic E-state index is -0.401. The van der Waals surface area contributed by atoms with Gasteiger partial charge in [-0.25, -0.2) is 0 Å². The number of amides is 1. The maximum Gasteiger partial charge on any atom is 0.246 e. The fourth-order valence-electron chi connectivity index (χ4n) is 3.21. The Bertz CT molecular complexity index is 776. The lowest BCUT2D eigenvalue weighted by molar-refractivity contribution is -0.116. The van der Waals surface area contributed by atoms with Gasteiger partial charge in [0.2, 0.25) is 5.91 Å². The van der Waals surface area contributed by atoms with E-state index in [2.05, 4.69) is 27.7 Å². The highest BCUT2D eigenvalue weighted by Crippen LogP contribution is 2.21. The second-order valence-corrected chi connectivity index (χ2v) is 7.45. The summed E-state index contributed by atoms with van der Waals surface area (Å²) in [6, 6.07) is 14.9. The molecule has 1 amide bonds. The van der Waals surface area contributed by atoms with Gasteiger partial charge in [0.1, 0.15) is 6.04 Å². The summed E-state index contributed by atoms with van der Waals surface area (Å²) in [5.41, 5.74) is 2.71. The monoisotopic (exact) mass is 387 g/mol. The SMILES string of the molecule is C[C@H](Nc1cccc(CN2CCC(O)CC2)c1)C(=O)Nc1ccccc1Cl. The van der Waals surface area contributed by atoms with Crippen LogP contribution in [0.2, 0.25) is 5.02 Å². The van der Waals surface area contributed by atoms with Crippen molar-refractivity contribution in [1.29, 1.82) is 0 Å². The molecule has 5 nitrogen and oxygen atoms in total. The third-order valence-corrected chi connectivity index (χ3v) is 5.13. The van der Waals surface area contributed by atoms with Crippen molar-refractivity contribution in [3.8, 4) is 0 Å². The molecule has 0 aromatic heterocycles. The molecule has 0 saturated carbocycles. The van der Waals surface area contributed by atoms with E-state index in [4.69, 9.17) is 11.6 Å². The van der Waals surface area contributed by atoms with Crippen LogP contribution in [-0.2, 0) is 11.3 Å². The Morgan fingerprint density at radius 1 is 1.22 bits per heavy atom. The highest BCUT2D eigenvalue weighted by molar-refractivity contribution is 6.33. The first kappa shape index (κ1) is 19.7. The average molecular weight is 388 g/mol. The quantitative estimate of drug-likeness (QED) is 0.706. The smallest absolute Gasteiger partial charge is 0.246 e. The third-order valence-electron chi connectivity index (χ3n) is 4.80. The van der Waals surface area contributed by atoms with Gasteiger partial charge in [-0.3, -0.25) is 9.69 Å². The molecule has 1 heterocycles. The average Bonchev–Trinajstić information content (AvgIpc) is 2.66. The summed E-state index contributed by atoms with van der Waals surface area (Å²) in [6.45, 7) is 4.50. The van der Waals surface area contributed by atoms with Gasteiger partial charge in [-0.15, -0.1) is 0 Å². The molecule has 3 N–H and O–H groups in total. The van der Waals surface area contributed by atoms with Crippen molar-refractivity contribution in [2.75, 3.05) is 23.7 Å². The lowest BCUT2D eigenvalue weighted by Crippen LogP contribution is -2.35. The number of rotatable bonds is 6. The van der Waals surface area contributed by atoms with Crippen LogP contribution in [0.1, 0.15) is 25.3 Å². The molecule has 27 heavy (non-hydrogen) atoms. The van der Waals surface area contributed by atoms with Gasteiger partial charge in [0, 0.05) is 25.3 Å². The summed E-state index contributed by atoms with van der Waals surface area (Å²) < 4.78 is 0. The van der Waals surface area contributed by atoms with E-state index in [0.717, 1.165) is 38.2 Å². The van der Waals surface area contributed by atoms with Crippen molar-refractivity contribution >= 4 is 28.9 Å². The zero-order chi connectivity index (χ0) is 19.2. The van der Waals surface area contributed by atoms with Crippen molar-refractivity contribution in [2.24, 2.45) is 0 Å². The van der Waals surface area contributed by atoms with Gasteiger partial charge in [0.05, 0.1) is 16.8 Å². The van der Waals surface area contributed by atoms with Gasteiger partial charge in [0.25, 0.3) is 0 Å². The number of benzene rings is 2. The molecule has 0 aliphatic carbocycles. The lowest BCUT2D eigenvalue weighted by atomic mass is 10.1. The van der Waals surface area contributed by atoms with Gasteiger partial charge in [-0.05, 0) is 49.6 Å². The molecule has 1 atom stereocenters. The summed E-state index contributed by atoms with van der Waals surface area (Å²) in [5, 5.41) is 16.3. The van der Waals surface area contributed by atoms with E-state index in [1.54, 1.807) is 12.1 Å². The predicted octanol–water partition coefficient (Wildman–Crippen LogP) is 3.74. The van der Waals surface area contributed by atoms with Crippen LogP contribution in [0.15, 0.2) is 48.5 Å². The maximum absolute atomic E-state index is 12.4. The highest BCUT2D eigenvalue weighted by atomic mass is 35.5. The van der Waals surface area contributed by atoms with Crippen molar-refractivity contribution < 1.29 is 9.90 Å². The Labute approximate surface area is 165 Å². The Kier molecular flexibility index (Phi) is 6.72. The number of piperidine rings is 1. The number of nitrogens with zero attached hydrogens (tertiary/aromatic N) is 1. The van der Waals surface area contributed by atoms with Crippen LogP contribution in [-0.4, -0.2) is 41.1 Å². The summed E-state index contributed by atoms with van der Waals surface area (Å²) in [4.78, 5) is 14.8. The first-order valence-electron chi connectivity index (χ1n) is 9.32. The van der Waals surface area contributed by atoms with Crippen molar-refractivity contribution in [2.45, 2.75) is 38.5 Å². The summed E-state index contributed by atoms with van der Waals surface area (Å²) >= 11 is 6.10. The van der Waals surface area contributed by atoms with E-state index in [0.29, 0.717) is 10.7 Å². The van der Waals surface area contributed by atoms with Gasteiger partial charge in [-0.2, -0.15) is 0 Å². The number of anilines is 2. The molecule has 0 bridgehead atoms. The molecule has 0 unspecified atom stereocenters. The molecule has 144 valence electrons. The molecule has 3 rings (SSSR count). The first-order chi connectivity index (χ1) is 13.0. The lowest BCUT2D eigenvalue weighted by Gasteiger charge is -2.29. The Morgan fingerprint density at radius 2 is 1.96 bits per heavy atom. The van der Waals surface area contributed by atoms with E-state index in [9.17, 15) is 9.90 Å². The van der Waals surface area contributed by atoms with E-state index in [1.165, 1.54) is 5.56 Å². The third kappa shape index (κ3) is 5.70. The van der Waals surface area contributed by atoms with Crippen LogP contribution in [0.5, 0.6) is 0 Å². The fourth-order valence-corrected chi connectivity index (χ4v) is 3.40. The van der Waals surface area contributed by atoms with Crippen LogP contribution in [0, 0.1) is 0 Å². The molecule has 0 spiro atoms. The largest absolute Gasteiger partial charge is 0.393 e. The Morgan fingerprint density at radius 3 is 2.70 bits per heavy atom. The topological polar surface area (TPSA) is 64.6 Å². The highest BCUT2D eigenvalue weighted by Gasteiger charge is 2.17. The molecular weight excluding hydrogens is 362 g/mol. The van der Waals surface area contributed by atoms with E-state index in [-0.39, 0.29) is 12.0 Å². The molecule has 2 aromatic rings. The Hall–Kier alpha value is -2.08. The Balaban J connectivity index is 1.56. The number of carbonyl (C=O) groups is 1. The van der Waals surface area contributed by atoms with Crippen LogP contribution >= 0.6 is 11.6 Å². The van der Waals surface area contributed by atoms with E-state index >= 15 is 0 Å². The van der Waals surface area contributed by atoms with Crippen molar-refractivity contribution in [3.63, 3.8) is 0 Å². The molecule has 1 aliphatic heterocycles. The van der Waals surface area contributed by atoms with Gasteiger partial charge in [0.15, 0.2) is 0 Å². The molecule has 6 heteroatoms. The maximum atomic E-state index is 12.4. The van der Waals surface area contributed by atoms with E-state index in [1.807, 2.05) is 31.2 Å². The van der Waals surface area contributed by atoms with Crippen LogP contribution < -0.4 is 10.6 Å². The number of aliphatic hydroxyl groups excluding tert-OH is 1. The molecule has 0 radical (unpaired) electrons. The summed E-state index contributed by atoms with van der Waals surface area (Å²) in [7, 11) is 0. The number of para-hydroxylation sites is 1. The van der Waals surface area contributed by atoms with E-state index < -0.39 is 6.04 Å². The first-order valence-corrected chi connectivity index (χ1v) is 9.70. The van der Waals surface area contributed by atoms with Gasteiger partial charge < -0.3 is 15.7 Å². The number of aliphatic hydroxyl groups is 1. The molecule has 1 fully saturated rings. The second kappa shape index (κ2) is 9.22. The zero-order valence-electron chi connectivity index (χ0n) is 15.5. The number of likely N-dealkylation sites (tertiary alicyclic amines) is 1. The van der Waals surface area contributed by atoms with Gasteiger partial charge in [-0.1, -0.05) is 35.9 Å². The van der Waals surface area contributed by atoms with Crippen LogP contribution in [0.3, 0.4) is 0 Å². The summed E-state index contributed by atoms with van der Waals surface area (Å²) in [6.07, 6.45) is 1.50. The molecular formula is C21H26ClN3O2. The number of hydrogen-bond donors (Lipinski definition) is 3. The molecule has 2 aromatic carbocycles. The van der Waals surface area contributed by atoms with Crippen molar-refractivity contribution in [1.82, 2.24) is 4.90 Å². The molecule has 1 saturated heterocycles. The van der Waals surface area contributed by atoms with Crippen molar-refractivity contribution in [3.05, 3.63) is 59.1 Å². The van der Waals surface area contributed by atoms with Crippen LogP contribution in [0.25, 0.3) is 0 Å². The minimum absolute atomic E-state index is 0.140.